The van der Waals surface area contributed by atoms with Gasteiger partial charge in [-0.15, -0.1) is 0 Å². The van der Waals surface area contributed by atoms with Crippen LogP contribution >= 0.6 is 0 Å². The quantitative estimate of drug-likeness (QED) is 0.802. The van der Waals surface area contributed by atoms with Gasteiger partial charge in [-0.25, -0.2) is 0 Å². The van der Waals surface area contributed by atoms with Crippen LogP contribution in [0.3, 0.4) is 0 Å². The summed E-state index contributed by atoms with van der Waals surface area (Å²) in [5, 5.41) is 0. The van der Waals surface area contributed by atoms with Crippen LogP contribution in [-0.4, -0.2) is 18.5 Å². The van der Waals surface area contributed by atoms with Crippen molar-refractivity contribution in [1.29, 1.82) is 0 Å². The maximum absolute atomic E-state index is 12.1. The van der Waals surface area contributed by atoms with Gasteiger partial charge >= 0.3 is 0 Å². The summed E-state index contributed by atoms with van der Waals surface area (Å²) >= 11 is 0. The van der Waals surface area contributed by atoms with Crippen molar-refractivity contribution in [1.82, 2.24) is 0 Å². The van der Waals surface area contributed by atoms with Gasteiger partial charge in [-0.1, -0.05) is 38.8 Å². The first-order valence-corrected chi connectivity index (χ1v) is 6.65. The van der Waals surface area contributed by atoms with Gasteiger partial charge in [-0.2, -0.15) is 0 Å². The van der Waals surface area contributed by atoms with Crippen molar-refractivity contribution < 1.29 is 14.3 Å². The minimum Gasteiger partial charge on any atom is -0.485 e. The maximum Gasteiger partial charge on any atom is 0.190 e. The number of rotatable bonds is 5. The van der Waals surface area contributed by atoms with Crippen molar-refractivity contribution >= 4 is 5.78 Å². The number of carbonyl (C=O) groups is 1. The van der Waals surface area contributed by atoms with E-state index in [4.69, 9.17) is 9.47 Å². The minimum atomic E-state index is -0.444. The van der Waals surface area contributed by atoms with Crippen molar-refractivity contribution in [2.75, 3.05) is 6.61 Å². The highest BCUT2D eigenvalue weighted by Crippen LogP contribution is 2.31. The highest BCUT2D eigenvalue weighted by atomic mass is 16.6. The fraction of sp³-hybridized carbons (Fsp3) is 0.533. The van der Waals surface area contributed by atoms with Crippen molar-refractivity contribution in [3.05, 3.63) is 24.3 Å². The van der Waals surface area contributed by atoms with Crippen LogP contribution in [0.1, 0.15) is 33.1 Å². The number of fused-ring (bicyclic) bond motifs is 1. The second-order valence-electron chi connectivity index (χ2n) is 4.72. The lowest BCUT2D eigenvalue weighted by Gasteiger charge is -2.26. The van der Waals surface area contributed by atoms with E-state index in [1.54, 1.807) is 0 Å². The van der Waals surface area contributed by atoms with Crippen molar-refractivity contribution in [3.8, 4) is 11.5 Å². The third kappa shape index (κ3) is 2.84. The minimum absolute atomic E-state index is 0.151. The number of hydrogen-bond donors (Lipinski definition) is 0. The summed E-state index contributed by atoms with van der Waals surface area (Å²) in [7, 11) is 0. The van der Waals surface area contributed by atoms with Crippen LogP contribution in [0.4, 0.5) is 0 Å². The summed E-state index contributed by atoms with van der Waals surface area (Å²) in [5.41, 5.74) is 0. The molecule has 1 atom stereocenters. The van der Waals surface area contributed by atoms with Gasteiger partial charge in [0.15, 0.2) is 23.4 Å². The monoisotopic (exact) mass is 248 g/mol. The highest BCUT2D eigenvalue weighted by molar-refractivity contribution is 5.84. The molecule has 0 spiro atoms. The molecule has 98 valence electrons. The SMILES string of the molecule is CCC(CC)CC(=O)C1COc2ccccc2O1. The molecule has 0 aromatic heterocycles. The Labute approximate surface area is 108 Å². The van der Waals surface area contributed by atoms with Crippen LogP contribution in [0.2, 0.25) is 0 Å². The molecule has 3 heteroatoms. The average Bonchev–Trinajstić information content (AvgIpc) is 2.44. The Morgan fingerprint density at radius 3 is 2.61 bits per heavy atom. The van der Waals surface area contributed by atoms with E-state index in [0.717, 1.165) is 18.6 Å². The summed E-state index contributed by atoms with van der Waals surface area (Å²) in [6.45, 7) is 4.57. The normalized spacial score (nSPS) is 17.8. The van der Waals surface area contributed by atoms with E-state index in [2.05, 4.69) is 13.8 Å². The van der Waals surface area contributed by atoms with E-state index in [-0.39, 0.29) is 5.78 Å². The molecule has 0 saturated carbocycles. The molecule has 0 saturated heterocycles. The highest BCUT2D eigenvalue weighted by Gasteiger charge is 2.28. The van der Waals surface area contributed by atoms with Gasteiger partial charge in [0.05, 0.1) is 0 Å². The molecule has 1 aliphatic rings. The molecule has 0 bridgehead atoms. The number of para-hydroxylation sites is 2. The molecule has 0 N–H and O–H groups in total. The average molecular weight is 248 g/mol. The summed E-state index contributed by atoms with van der Waals surface area (Å²) in [6.07, 6.45) is 2.21. The summed E-state index contributed by atoms with van der Waals surface area (Å²) in [4.78, 5) is 12.1. The molecule has 0 fully saturated rings. The van der Waals surface area contributed by atoms with Crippen LogP contribution in [0.25, 0.3) is 0 Å². The molecule has 1 aromatic carbocycles. The van der Waals surface area contributed by atoms with Gasteiger partial charge in [0.2, 0.25) is 0 Å². The predicted molar refractivity (Wildman–Crippen MR) is 70.0 cm³/mol. The number of hydrogen-bond acceptors (Lipinski definition) is 3. The van der Waals surface area contributed by atoms with Gasteiger partial charge < -0.3 is 9.47 Å². The third-order valence-corrected chi connectivity index (χ3v) is 3.51. The second kappa shape index (κ2) is 5.89. The molecule has 2 rings (SSSR count). The van der Waals surface area contributed by atoms with Gasteiger partial charge in [-0.05, 0) is 18.1 Å². The lowest BCUT2D eigenvalue weighted by Crippen LogP contribution is -2.37. The third-order valence-electron chi connectivity index (χ3n) is 3.51. The Kier molecular flexibility index (Phi) is 4.24. The van der Waals surface area contributed by atoms with Crippen LogP contribution in [0, 0.1) is 5.92 Å². The topological polar surface area (TPSA) is 35.5 Å². The Bertz CT molecular complexity index is 410. The molecule has 18 heavy (non-hydrogen) atoms. The number of benzene rings is 1. The zero-order valence-corrected chi connectivity index (χ0v) is 11.0. The lowest BCUT2D eigenvalue weighted by molar-refractivity contribution is -0.129. The van der Waals surface area contributed by atoms with E-state index in [0.29, 0.717) is 24.7 Å². The molecular formula is C15H20O3. The van der Waals surface area contributed by atoms with Crippen LogP contribution in [-0.2, 0) is 4.79 Å². The Morgan fingerprint density at radius 1 is 1.28 bits per heavy atom. The first-order valence-electron chi connectivity index (χ1n) is 6.65. The number of ether oxygens (including phenoxy) is 2. The van der Waals surface area contributed by atoms with Crippen molar-refractivity contribution in [3.63, 3.8) is 0 Å². The second-order valence-corrected chi connectivity index (χ2v) is 4.72. The Balaban J connectivity index is 1.98. The largest absolute Gasteiger partial charge is 0.485 e. The summed E-state index contributed by atoms with van der Waals surface area (Å²) < 4.78 is 11.3. The molecule has 1 unspecified atom stereocenters. The van der Waals surface area contributed by atoms with Crippen LogP contribution in [0.5, 0.6) is 11.5 Å². The molecule has 0 radical (unpaired) electrons. The van der Waals surface area contributed by atoms with E-state index < -0.39 is 6.10 Å². The van der Waals surface area contributed by atoms with Crippen LogP contribution in [0.15, 0.2) is 24.3 Å². The van der Waals surface area contributed by atoms with Crippen molar-refractivity contribution in [2.45, 2.75) is 39.2 Å². The molecule has 0 aliphatic carbocycles. The van der Waals surface area contributed by atoms with E-state index in [1.165, 1.54) is 0 Å². The molecule has 1 aromatic rings. The Morgan fingerprint density at radius 2 is 1.94 bits per heavy atom. The number of carbonyl (C=O) groups excluding carboxylic acids is 1. The van der Waals surface area contributed by atoms with Gasteiger partial charge in [0.1, 0.15) is 6.61 Å². The van der Waals surface area contributed by atoms with E-state index in [1.807, 2.05) is 24.3 Å². The van der Waals surface area contributed by atoms with E-state index >= 15 is 0 Å². The zero-order chi connectivity index (χ0) is 13.0. The van der Waals surface area contributed by atoms with E-state index in [9.17, 15) is 4.79 Å². The molecule has 1 aliphatic heterocycles. The van der Waals surface area contributed by atoms with Crippen molar-refractivity contribution in [2.24, 2.45) is 5.92 Å². The molecule has 0 amide bonds. The molecule has 1 heterocycles. The number of ketones is 1. The maximum atomic E-state index is 12.1. The smallest absolute Gasteiger partial charge is 0.190 e. The molecular weight excluding hydrogens is 228 g/mol. The van der Waals surface area contributed by atoms with Gasteiger partial charge in [0, 0.05) is 6.42 Å². The summed E-state index contributed by atoms with van der Waals surface area (Å²) in [5.74, 6) is 2.01. The number of Topliss-reactive ketones (excluding diaryl/α,β-unsaturated/α-hetero) is 1. The fourth-order valence-corrected chi connectivity index (χ4v) is 2.17. The Hall–Kier alpha value is -1.51. The van der Waals surface area contributed by atoms with Gasteiger partial charge in [-0.3, -0.25) is 4.79 Å². The first-order chi connectivity index (χ1) is 8.74. The summed E-state index contributed by atoms with van der Waals surface area (Å²) in [6, 6.07) is 7.48. The zero-order valence-electron chi connectivity index (χ0n) is 11.0. The van der Waals surface area contributed by atoms with Crippen LogP contribution < -0.4 is 9.47 Å². The standard InChI is InChI=1S/C15H20O3/c1-3-11(4-2)9-12(16)15-10-17-13-7-5-6-8-14(13)18-15/h5-8,11,15H,3-4,9-10H2,1-2H3. The first kappa shape index (κ1) is 12.9. The predicted octanol–water partition coefficient (Wildman–Crippen LogP) is 3.22. The molecule has 3 nitrogen and oxygen atoms in total. The fourth-order valence-electron chi connectivity index (χ4n) is 2.17. The van der Waals surface area contributed by atoms with Gasteiger partial charge in [0.25, 0.3) is 0 Å². The lowest BCUT2D eigenvalue weighted by atomic mass is 9.95.